The second kappa shape index (κ2) is 3.25. The molecule has 2 fully saturated rings. The Hall–Kier alpha value is -0.640. The van der Waals surface area contributed by atoms with Gasteiger partial charge in [0.2, 0.25) is 0 Å². The SMILES string of the molecule is C[C@H]1CC[C@@H](C(=O)N2CC(F)C2)O1. The molecule has 0 aromatic rings. The van der Waals surface area contributed by atoms with Crippen LogP contribution in [0.3, 0.4) is 0 Å². The average Bonchev–Trinajstić information content (AvgIpc) is 2.45. The summed E-state index contributed by atoms with van der Waals surface area (Å²) < 4.78 is 17.9. The molecule has 2 aliphatic heterocycles. The van der Waals surface area contributed by atoms with E-state index in [-0.39, 0.29) is 31.2 Å². The number of alkyl halides is 1. The summed E-state index contributed by atoms with van der Waals surface area (Å²) in [6, 6.07) is 0. The van der Waals surface area contributed by atoms with Gasteiger partial charge in [-0.1, -0.05) is 0 Å². The molecular weight excluding hydrogens is 173 g/mol. The smallest absolute Gasteiger partial charge is 0.251 e. The third-order valence-electron chi connectivity index (χ3n) is 2.66. The Balaban J connectivity index is 1.84. The molecule has 2 rings (SSSR count). The minimum atomic E-state index is -0.817. The Morgan fingerprint density at radius 3 is 2.62 bits per heavy atom. The molecule has 3 nitrogen and oxygen atoms in total. The lowest BCUT2D eigenvalue weighted by atomic mass is 10.1. The van der Waals surface area contributed by atoms with Crippen molar-refractivity contribution in [1.29, 1.82) is 0 Å². The molecule has 0 unspecified atom stereocenters. The summed E-state index contributed by atoms with van der Waals surface area (Å²) in [5.74, 6) is -0.0294. The van der Waals surface area contributed by atoms with Crippen molar-refractivity contribution in [2.24, 2.45) is 0 Å². The van der Waals surface area contributed by atoms with Gasteiger partial charge in [-0.2, -0.15) is 0 Å². The first kappa shape index (κ1) is 8.94. The molecule has 2 atom stereocenters. The van der Waals surface area contributed by atoms with Gasteiger partial charge < -0.3 is 9.64 Å². The van der Waals surface area contributed by atoms with Crippen molar-refractivity contribution >= 4 is 5.91 Å². The van der Waals surface area contributed by atoms with Crippen molar-refractivity contribution in [1.82, 2.24) is 4.90 Å². The lowest BCUT2D eigenvalue weighted by Crippen LogP contribution is -2.54. The summed E-state index contributed by atoms with van der Waals surface area (Å²) >= 11 is 0. The number of amides is 1. The van der Waals surface area contributed by atoms with Gasteiger partial charge in [0.25, 0.3) is 5.91 Å². The fourth-order valence-corrected chi connectivity index (χ4v) is 1.79. The first-order valence-corrected chi connectivity index (χ1v) is 4.75. The lowest BCUT2D eigenvalue weighted by Gasteiger charge is -2.35. The Bertz CT molecular complexity index is 216. The van der Waals surface area contributed by atoms with Crippen LogP contribution in [0, 0.1) is 0 Å². The summed E-state index contributed by atoms with van der Waals surface area (Å²) in [7, 11) is 0. The molecular formula is C9H14FNO2. The molecule has 0 aromatic heterocycles. The van der Waals surface area contributed by atoms with E-state index in [1.165, 1.54) is 4.90 Å². The van der Waals surface area contributed by atoms with Gasteiger partial charge in [-0.05, 0) is 19.8 Å². The number of carbonyl (C=O) groups is 1. The van der Waals surface area contributed by atoms with Gasteiger partial charge in [0.1, 0.15) is 12.3 Å². The molecule has 0 radical (unpaired) electrons. The number of halogens is 1. The molecule has 74 valence electrons. The van der Waals surface area contributed by atoms with Crippen LogP contribution in [0.15, 0.2) is 0 Å². The summed E-state index contributed by atoms with van der Waals surface area (Å²) in [5, 5.41) is 0. The van der Waals surface area contributed by atoms with E-state index in [0.29, 0.717) is 0 Å². The van der Waals surface area contributed by atoms with E-state index in [1.54, 1.807) is 0 Å². The van der Waals surface area contributed by atoms with Crippen LogP contribution in [0.1, 0.15) is 19.8 Å². The molecule has 2 saturated heterocycles. The van der Waals surface area contributed by atoms with Crippen molar-refractivity contribution in [2.45, 2.75) is 38.1 Å². The van der Waals surface area contributed by atoms with E-state index in [0.717, 1.165) is 12.8 Å². The molecule has 4 heteroatoms. The van der Waals surface area contributed by atoms with E-state index in [2.05, 4.69) is 0 Å². The van der Waals surface area contributed by atoms with Crippen LogP contribution in [0.4, 0.5) is 4.39 Å². The lowest BCUT2D eigenvalue weighted by molar-refractivity contribution is -0.149. The van der Waals surface area contributed by atoms with Crippen LogP contribution in [-0.2, 0) is 9.53 Å². The molecule has 0 bridgehead atoms. The van der Waals surface area contributed by atoms with Crippen LogP contribution in [-0.4, -0.2) is 42.3 Å². The topological polar surface area (TPSA) is 29.5 Å². The predicted octanol–water partition coefficient (Wildman–Crippen LogP) is 0.734. The largest absolute Gasteiger partial charge is 0.365 e. The molecule has 1 amide bonds. The van der Waals surface area contributed by atoms with Gasteiger partial charge >= 0.3 is 0 Å². The third kappa shape index (κ3) is 1.68. The monoisotopic (exact) mass is 187 g/mol. The van der Waals surface area contributed by atoms with Gasteiger partial charge in [0, 0.05) is 0 Å². The number of nitrogens with zero attached hydrogens (tertiary/aromatic N) is 1. The summed E-state index contributed by atoms with van der Waals surface area (Å²) in [6.07, 6.45) is 0.776. The first-order valence-electron chi connectivity index (χ1n) is 4.75. The number of hydrogen-bond acceptors (Lipinski definition) is 2. The molecule has 0 aliphatic carbocycles. The molecule has 2 heterocycles. The number of carbonyl (C=O) groups excluding carboxylic acids is 1. The van der Waals surface area contributed by atoms with Crippen LogP contribution in [0.2, 0.25) is 0 Å². The van der Waals surface area contributed by atoms with E-state index in [4.69, 9.17) is 4.74 Å². The van der Waals surface area contributed by atoms with Crippen molar-refractivity contribution in [2.75, 3.05) is 13.1 Å². The van der Waals surface area contributed by atoms with Gasteiger partial charge in [-0.25, -0.2) is 4.39 Å². The predicted molar refractivity (Wildman–Crippen MR) is 45.0 cm³/mol. The summed E-state index contributed by atoms with van der Waals surface area (Å²) in [6.45, 7) is 2.47. The summed E-state index contributed by atoms with van der Waals surface area (Å²) in [5.41, 5.74) is 0. The Morgan fingerprint density at radius 2 is 2.15 bits per heavy atom. The molecule has 0 N–H and O–H groups in total. The quantitative estimate of drug-likeness (QED) is 0.605. The van der Waals surface area contributed by atoms with E-state index < -0.39 is 6.17 Å². The van der Waals surface area contributed by atoms with Crippen LogP contribution < -0.4 is 0 Å². The van der Waals surface area contributed by atoms with Crippen LogP contribution in [0.25, 0.3) is 0 Å². The standard InChI is InChI=1S/C9H14FNO2/c1-6-2-3-8(13-6)9(12)11-4-7(10)5-11/h6-8H,2-5H2,1H3/t6-,8-/m0/s1. The van der Waals surface area contributed by atoms with Gasteiger partial charge in [0.05, 0.1) is 19.2 Å². The highest BCUT2D eigenvalue weighted by Crippen LogP contribution is 2.23. The second-order valence-electron chi connectivity index (χ2n) is 3.85. The van der Waals surface area contributed by atoms with Crippen molar-refractivity contribution < 1.29 is 13.9 Å². The van der Waals surface area contributed by atoms with E-state index in [1.807, 2.05) is 6.92 Å². The first-order chi connectivity index (χ1) is 6.16. The highest BCUT2D eigenvalue weighted by atomic mass is 19.1. The number of rotatable bonds is 1. The maximum Gasteiger partial charge on any atom is 0.251 e. The Morgan fingerprint density at radius 1 is 1.46 bits per heavy atom. The van der Waals surface area contributed by atoms with Crippen molar-refractivity contribution in [3.8, 4) is 0 Å². The highest BCUT2D eigenvalue weighted by Gasteiger charge is 2.37. The van der Waals surface area contributed by atoms with Gasteiger partial charge in [-0.3, -0.25) is 4.79 Å². The fraction of sp³-hybridized carbons (Fsp3) is 0.889. The molecule has 0 aromatic carbocycles. The van der Waals surface area contributed by atoms with Crippen LogP contribution >= 0.6 is 0 Å². The van der Waals surface area contributed by atoms with Crippen molar-refractivity contribution in [3.05, 3.63) is 0 Å². The zero-order valence-electron chi connectivity index (χ0n) is 7.70. The highest BCUT2D eigenvalue weighted by molar-refractivity contribution is 5.82. The number of ether oxygens (including phenoxy) is 1. The van der Waals surface area contributed by atoms with Crippen LogP contribution in [0.5, 0.6) is 0 Å². The van der Waals surface area contributed by atoms with Gasteiger partial charge in [0.15, 0.2) is 0 Å². The fourth-order valence-electron chi connectivity index (χ4n) is 1.79. The van der Waals surface area contributed by atoms with Gasteiger partial charge in [-0.15, -0.1) is 0 Å². The minimum absolute atomic E-state index is 0.0294. The maximum absolute atomic E-state index is 12.5. The third-order valence-corrected chi connectivity index (χ3v) is 2.66. The Kier molecular flexibility index (Phi) is 2.24. The minimum Gasteiger partial charge on any atom is -0.365 e. The second-order valence-corrected chi connectivity index (χ2v) is 3.85. The maximum atomic E-state index is 12.5. The molecule has 0 saturated carbocycles. The zero-order valence-corrected chi connectivity index (χ0v) is 7.70. The zero-order chi connectivity index (χ0) is 9.42. The molecule has 13 heavy (non-hydrogen) atoms. The van der Waals surface area contributed by atoms with Crippen molar-refractivity contribution in [3.63, 3.8) is 0 Å². The summed E-state index contributed by atoms with van der Waals surface area (Å²) in [4.78, 5) is 13.1. The number of hydrogen-bond donors (Lipinski definition) is 0. The number of likely N-dealkylation sites (tertiary alicyclic amines) is 1. The Labute approximate surface area is 76.8 Å². The van der Waals surface area contributed by atoms with E-state index in [9.17, 15) is 9.18 Å². The van der Waals surface area contributed by atoms with E-state index >= 15 is 0 Å². The normalized spacial score (nSPS) is 34.8. The molecule has 2 aliphatic rings. The average molecular weight is 187 g/mol. The molecule has 0 spiro atoms.